The highest BCUT2D eigenvalue weighted by atomic mass is 79.9. The predicted octanol–water partition coefficient (Wildman–Crippen LogP) is 2.93. The fraction of sp³-hybridized carbons (Fsp3) is 0.538. The molecule has 2 aliphatic heterocycles. The molecule has 104 valence electrons. The highest BCUT2D eigenvalue weighted by Crippen LogP contribution is 2.43. The zero-order chi connectivity index (χ0) is 14.2. The van der Waals surface area contributed by atoms with Crippen LogP contribution in [0.2, 0.25) is 0 Å². The van der Waals surface area contributed by atoms with E-state index in [1.807, 2.05) is 24.3 Å². The molecule has 2 heterocycles. The quantitative estimate of drug-likeness (QED) is 0.857. The number of hydrogen-bond acceptors (Lipinski definition) is 5. The van der Waals surface area contributed by atoms with Gasteiger partial charge in [0.05, 0.1) is 0 Å². The third-order valence-corrected chi connectivity index (χ3v) is 5.35. The van der Waals surface area contributed by atoms with Crippen LogP contribution in [0.25, 0.3) is 0 Å². The summed E-state index contributed by atoms with van der Waals surface area (Å²) in [4.78, 5) is 12.2. The maximum Gasteiger partial charge on any atom is 0.197 e. The summed E-state index contributed by atoms with van der Waals surface area (Å²) in [5.74, 6) is 1.82. The van der Waals surface area contributed by atoms with E-state index in [0.717, 1.165) is 28.2 Å². The van der Waals surface area contributed by atoms with Gasteiger partial charge < -0.3 is 10.6 Å². The Bertz CT molecular complexity index is 493. The number of nitrogens with two attached hydrogens (primary N) is 1. The van der Waals surface area contributed by atoms with Gasteiger partial charge in [-0.15, -0.1) is 0 Å². The van der Waals surface area contributed by atoms with Crippen molar-refractivity contribution in [1.82, 2.24) is 4.90 Å². The van der Waals surface area contributed by atoms with Crippen LogP contribution < -0.4 is 5.73 Å². The molecule has 0 aromatic rings. The molecule has 1 unspecified atom stereocenters. The first-order valence-electron chi connectivity index (χ1n) is 6.18. The minimum absolute atomic E-state index is 0.272. The lowest BCUT2D eigenvalue weighted by Gasteiger charge is -2.41. The Morgan fingerprint density at radius 3 is 3.00 bits per heavy atom. The Morgan fingerprint density at radius 1 is 1.68 bits per heavy atom. The summed E-state index contributed by atoms with van der Waals surface area (Å²) in [6, 6.07) is 0. The number of rotatable bonds is 3. The predicted molar refractivity (Wildman–Crippen MR) is 87.6 cm³/mol. The normalized spacial score (nSPS) is 30.8. The minimum Gasteiger partial charge on any atom is -0.369 e. The fourth-order valence-electron chi connectivity index (χ4n) is 2.46. The van der Waals surface area contributed by atoms with E-state index < -0.39 is 0 Å². The maximum atomic E-state index is 6.02. The molecule has 0 saturated carbocycles. The molecular formula is C13H19BrN4S. The monoisotopic (exact) mass is 342 g/mol. The first-order chi connectivity index (χ1) is 8.86. The number of allylic oxidation sites excluding steroid dienone is 1. The number of aliphatic imine (C=N–C) groups is 2. The first-order valence-corrected chi connectivity index (χ1v) is 7.85. The van der Waals surface area contributed by atoms with E-state index in [4.69, 9.17) is 10.7 Å². The molecule has 2 aliphatic rings. The number of halogens is 1. The Labute approximate surface area is 127 Å². The SMILES string of the molecule is C=C(S/C=C(\C)Br)[C@@]1(C)N=C(N)N(C)C2=NCCC21. The van der Waals surface area contributed by atoms with Gasteiger partial charge in [0.15, 0.2) is 5.96 Å². The summed E-state index contributed by atoms with van der Waals surface area (Å²) in [7, 11) is 1.92. The van der Waals surface area contributed by atoms with Crippen molar-refractivity contribution in [2.24, 2.45) is 21.6 Å². The van der Waals surface area contributed by atoms with Crippen molar-refractivity contribution in [2.45, 2.75) is 25.8 Å². The zero-order valence-corrected chi connectivity index (χ0v) is 13.9. The molecule has 0 saturated heterocycles. The van der Waals surface area contributed by atoms with E-state index in [0.29, 0.717) is 5.96 Å². The van der Waals surface area contributed by atoms with Gasteiger partial charge in [0.2, 0.25) is 0 Å². The molecule has 0 aromatic carbocycles. The summed E-state index contributed by atoms with van der Waals surface area (Å²) < 4.78 is 1.08. The number of amidine groups is 1. The van der Waals surface area contributed by atoms with Crippen molar-refractivity contribution in [3.63, 3.8) is 0 Å². The van der Waals surface area contributed by atoms with Crippen molar-refractivity contribution in [3.8, 4) is 0 Å². The van der Waals surface area contributed by atoms with Crippen LogP contribution in [0.4, 0.5) is 0 Å². The second kappa shape index (κ2) is 5.32. The lowest BCUT2D eigenvalue weighted by atomic mass is 9.82. The van der Waals surface area contributed by atoms with Crippen molar-refractivity contribution >= 4 is 39.5 Å². The van der Waals surface area contributed by atoms with E-state index in [2.05, 4.69) is 34.4 Å². The summed E-state index contributed by atoms with van der Waals surface area (Å²) in [6.07, 6.45) is 1.00. The Morgan fingerprint density at radius 2 is 2.37 bits per heavy atom. The number of nitrogens with zero attached hydrogens (tertiary/aromatic N) is 3. The molecule has 4 nitrogen and oxygen atoms in total. The average molecular weight is 343 g/mol. The van der Waals surface area contributed by atoms with Crippen LogP contribution in [-0.4, -0.2) is 35.8 Å². The number of fused-ring (bicyclic) bond motifs is 1. The topological polar surface area (TPSA) is 54.0 Å². The van der Waals surface area contributed by atoms with E-state index in [9.17, 15) is 0 Å². The Kier molecular flexibility index (Phi) is 4.11. The van der Waals surface area contributed by atoms with Crippen LogP contribution in [0.3, 0.4) is 0 Å². The standard InChI is InChI=1S/C13H19BrN4S/c1-8(14)7-19-9(2)13(3)10-5-6-16-11(10)18(4)12(15)17-13/h7,10H,2,5-6H2,1,3-4H3,(H2,15,17)/b8-7+/t10?,13-/m1/s1. The lowest BCUT2D eigenvalue weighted by Crippen LogP contribution is -2.54. The van der Waals surface area contributed by atoms with Gasteiger partial charge in [-0.25, -0.2) is 4.99 Å². The molecule has 2 rings (SSSR count). The molecule has 0 spiro atoms. The molecule has 19 heavy (non-hydrogen) atoms. The minimum atomic E-state index is -0.379. The molecule has 2 N–H and O–H groups in total. The molecule has 0 aromatic heterocycles. The highest BCUT2D eigenvalue weighted by molar-refractivity contribution is 9.11. The van der Waals surface area contributed by atoms with Crippen LogP contribution in [0.15, 0.2) is 31.4 Å². The van der Waals surface area contributed by atoms with Gasteiger partial charge in [0, 0.05) is 24.4 Å². The summed E-state index contributed by atoms with van der Waals surface area (Å²) in [6.45, 7) is 9.14. The molecule has 0 aliphatic carbocycles. The van der Waals surface area contributed by atoms with Crippen molar-refractivity contribution in [3.05, 3.63) is 21.4 Å². The highest BCUT2D eigenvalue weighted by Gasteiger charge is 2.46. The zero-order valence-electron chi connectivity index (χ0n) is 11.5. The molecule has 0 radical (unpaired) electrons. The van der Waals surface area contributed by atoms with Gasteiger partial charge in [0.1, 0.15) is 11.4 Å². The number of thioether (sulfide) groups is 1. The van der Waals surface area contributed by atoms with Crippen LogP contribution in [0.5, 0.6) is 0 Å². The maximum absolute atomic E-state index is 6.02. The van der Waals surface area contributed by atoms with Gasteiger partial charge in [-0.3, -0.25) is 4.99 Å². The number of hydrogen-bond donors (Lipinski definition) is 1. The third-order valence-electron chi connectivity index (χ3n) is 3.64. The smallest absolute Gasteiger partial charge is 0.197 e. The third kappa shape index (κ3) is 2.60. The Hall–Kier alpha value is -0.750. The Balaban J connectivity index is 2.33. The second-order valence-electron chi connectivity index (χ2n) is 5.00. The molecule has 6 heteroatoms. The average Bonchev–Trinajstić information content (AvgIpc) is 2.83. The van der Waals surface area contributed by atoms with Crippen molar-refractivity contribution in [2.75, 3.05) is 13.6 Å². The summed E-state index contributed by atoms with van der Waals surface area (Å²) >= 11 is 5.03. The summed E-state index contributed by atoms with van der Waals surface area (Å²) in [5.41, 5.74) is 5.64. The van der Waals surface area contributed by atoms with Crippen LogP contribution in [-0.2, 0) is 0 Å². The van der Waals surface area contributed by atoms with Crippen LogP contribution in [0, 0.1) is 5.92 Å². The van der Waals surface area contributed by atoms with E-state index in [-0.39, 0.29) is 11.5 Å². The molecule has 0 amide bonds. The van der Waals surface area contributed by atoms with E-state index in [1.165, 1.54) is 0 Å². The van der Waals surface area contributed by atoms with Gasteiger partial charge >= 0.3 is 0 Å². The van der Waals surface area contributed by atoms with E-state index >= 15 is 0 Å². The fourth-order valence-corrected chi connectivity index (χ4v) is 3.47. The van der Waals surface area contributed by atoms with Crippen LogP contribution >= 0.6 is 27.7 Å². The molecular weight excluding hydrogens is 324 g/mol. The largest absolute Gasteiger partial charge is 0.369 e. The van der Waals surface area contributed by atoms with E-state index in [1.54, 1.807) is 11.8 Å². The lowest BCUT2D eigenvalue weighted by molar-refractivity contribution is 0.404. The van der Waals surface area contributed by atoms with Crippen molar-refractivity contribution in [1.29, 1.82) is 0 Å². The van der Waals surface area contributed by atoms with Gasteiger partial charge in [-0.05, 0) is 30.2 Å². The summed E-state index contributed by atoms with van der Waals surface area (Å²) in [5, 5.41) is 2.03. The van der Waals surface area contributed by atoms with Crippen LogP contribution in [0.1, 0.15) is 20.3 Å². The molecule has 2 atom stereocenters. The molecule has 0 fully saturated rings. The van der Waals surface area contributed by atoms with Crippen molar-refractivity contribution < 1.29 is 0 Å². The van der Waals surface area contributed by atoms with Gasteiger partial charge in [0.25, 0.3) is 0 Å². The van der Waals surface area contributed by atoms with Gasteiger partial charge in [-0.2, -0.15) is 0 Å². The molecule has 0 bridgehead atoms. The first kappa shape index (κ1) is 14.7. The number of guanidine groups is 1. The van der Waals surface area contributed by atoms with Gasteiger partial charge in [-0.1, -0.05) is 34.3 Å². The second-order valence-corrected chi connectivity index (χ2v) is 7.22.